The maximum Gasteiger partial charge on any atom is 0.191 e. The molecule has 6 heteroatoms. The van der Waals surface area contributed by atoms with Gasteiger partial charge in [-0.25, -0.2) is 0 Å². The number of hydrogen-bond acceptors (Lipinski definition) is 3. The van der Waals surface area contributed by atoms with Crippen LogP contribution in [0.5, 0.6) is 5.75 Å². The van der Waals surface area contributed by atoms with E-state index in [2.05, 4.69) is 46.2 Å². The number of rotatable bonds is 8. The molecule has 1 aliphatic rings. The van der Waals surface area contributed by atoms with Crippen molar-refractivity contribution in [1.82, 2.24) is 15.5 Å². The van der Waals surface area contributed by atoms with Crippen molar-refractivity contribution in [2.24, 2.45) is 4.99 Å². The van der Waals surface area contributed by atoms with E-state index in [0.29, 0.717) is 12.0 Å². The molecule has 0 amide bonds. The average molecular weight is 486 g/mol. The Hall–Kier alpha value is -1.28. The van der Waals surface area contributed by atoms with Crippen molar-refractivity contribution < 1.29 is 4.74 Å². The maximum absolute atomic E-state index is 5.22. The minimum absolute atomic E-state index is 0. The largest absolute Gasteiger partial charge is 0.497 e. The fourth-order valence-electron chi connectivity index (χ4n) is 3.34. The Labute approximate surface area is 181 Å². The van der Waals surface area contributed by atoms with Gasteiger partial charge in [-0.05, 0) is 42.9 Å². The van der Waals surface area contributed by atoms with E-state index in [9.17, 15) is 0 Å². The van der Waals surface area contributed by atoms with E-state index in [0.717, 1.165) is 57.2 Å². The van der Waals surface area contributed by atoms with E-state index >= 15 is 0 Å². The molecule has 2 rings (SSSR count). The molecule has 1 unspecified atom stereocenters. The smallest absolute Gasteiger partial charge is 0.191 e. The lowest BCUT2D eigenvalue weighted by Gasteiger charge is -2.32. The number of piperidine rings is 1. The van der Waals surface area contributed by atoms with E-state index < -0.39 is 0 Å². The standard InChI is InChI=1S/C21H34N4O.HI/c1-5-14-25-15-11-19(12-16-25)24-21(22-3)23-13-10-17(2)18-6-8-20(26-4)9-7-18;/h5-9,17,19H,1,10-16H2,2-4H3,(H2,22,23,24);1H. The molecule has 152 valence electrons. The van der Waals surface area contributed by atoms with Gasteiger partial charge in [0.05, 0.1) is 7.11 Å². The summed E-state index contributed by atoms with van der Waals surface area (Å²) in [7, 11) is 3.54. The summed E-state index contributed by atoms with van der Waals surface area (Å²) in [5.74, 6) is 2.31. The Bertz CT molecular complexity index is 568. The monoisotopic (exact) mass is 486 g/mol. The highest BCUT2D eigenvalue weighted by Gasteiger charge is 2.19. The summed E-state index contributed by atoms with van der Waals surface area (Å²) < 4.78 is 5.22. The first-order valence-corrected chi connectivity index (χ1v) is 9.60. The fourth-order valence-corrected chi connectivity index (χ4v) is 3.34. The predicted octanol–water partition coefficient (Wildman–Crippen LogP) is 3.62. The van der Waals surface area contributed by atoms with Gasteiger partial charge in [0.1, 0.15) is 5.75 Å². The molecule has 0 saturated carbocycles. The van der Waals surface area contributed by atoms with Crippen LogP contribution in [0, 0.1) is 0 Å². The van der Waals surface area contributed by atoms with E-state index in [1.165, 1.54) is 5.56 Å². The molecule has 2 N–H and O–H groups in total. The number of aliphatic imine (C=N–C) groups is 1. The first kappa shape index (κ1) is 23.8. The summed E-state index contributed by atoms with van der Waals surface area (Å²) in [5.41, 5.74) is 1.34. The number of ether oxygens (including phenoxy) is 1. The Morgan fingerprint density at radius 3 is 2.56 bits per heavy atom. The lowest BCUT2D eigenvalue weighted by atomic mass is 9.98. The highest BCUT2D eigenvalue weighted by molar-refractivity contribution is 14.0. The minimum Gasteiger partial charge on any atom is -0.497 e. The molecule has 5 nitrogen and oxygen atoms in total. The van der Waals surface area contributed by atoms with Crippen LogP contribution in [0.15, 0.2) is 41.9 Å². The minimum atomic E-state index is 0. The third-order valence-corrected chi connectivity index (χ3v) is 5.09. The molecule has 1 atom stereocenters. The summed E-state index contributed by atoms with van der Waals surface area (Å²) >= 11 is 0. The molecule has 1 aliphatic heterocycles. The summed E-state index contributed by atoms with van der Waals surface area (Å²) in [5, 5.41) is 7.03. The zero-order valence-corrected chi connectivity index (χ0v) is 19.2. The van der Waals surface area contributed by atoms with E-state index in [1.807, 2.05) is 25.3 Å². The van der Waals surface area contributed by atoms with Gasteiger partial charge in [0, 0.05) is 39.3 Å². The molecule has 0 spiro atoms. The van der Waals surface area contributed by atoms with Crippen molar-refractivity contribution >= 4 is 29.9 Å². The molecule has 0 aromatic heterocycles. The van der Waals surface area contributed by atoms with E-state index in [-0.39, 0.29) is 24.0 Å². The summed E-state index contributed by atoms with van der Waals surface area (Å²) in [4.78, 5) is 6.82. The van der Waals surface area contributed by atoms with Gasteiger partial charge in [-0.15, -0.1) is 30.6 Å². The maximum atomic E-state index is 5.22. The molecule has 1 heterocycles. The van der Waals surface area contributed by atoms with Gasteiger partial charge < -0.3 is 15.4 Å². The van der Waals surface area contributed by atoms with Gasteiger partial charge in [0.25, 0.3) is 0 Å². The highest BCUT2D eigenvalue weighted by Crippen LogP contribution is 2.21. The first-order valence-electron chi connectivity index (χ1n) is 9.60. The second-order valence-corrected chi connectivity index (χ2v) is 6.97. The Kier molecular flexibility index (Phi) is 11.4. The molecule has 0 radical (unpaired) electrons. The lowest BCUT2D eigenvalue weighted by Crippen LogP contribution is -2.48. The number of likely N-dealkylation sites (tertiary alicyclic amines) is 1. The topological polar surface area (TPSA) is 48.9 Å². The van der Waals surface area contributed by atoms with Gasteiger partial charge in [-0.2, -0.15) is 0 Å². The molecule has 27 heavy (non-hydrogen) atoms. The average Bonchev–Trinajstić information content (AvgIpc) is 2.68. The Balaban J connectivity index is 0.00000364. The van der Waals surface area contributed by atoms with Crippen LogP contribution in [0.2, 0.25) is 0 Å². The summed E-state index contributed by atoms with van der Waals surface area (Å²) in [6.07, 6.45) is 5.34. The third kappa shape index (κ3) is 8.09. The van der Waals surface area contributed by atoms with Crippen LogP contribution in [0.25, 0.3) is 0 Å². The van der Waals surface area contributed by atoms with Crippen LogP contribution in [-0.4, -0.2) is 57.2 Å². The molecular weight excluding hydrogens is 451 g/mol. The number of methoxy groups -OCH3 is 1. The van der Waals surface area contributed by atoms with Crippen LogP contribution >= 0.6 is 24.0 Å². The van der Waals surface area contributed by atoms with E-state index in [4.69, 9.17) is 4.74 Å². The lowest BCUT2D eigenvalue weighted by molar-refractivity contribution is 0.225. The molecule has 1 fully saturated rings. The van der Waals surface area contributed by atoms with Crippen LogP contribution in [-0.2, 0) is 0 Å². The van der Waals surface area contributed by atoms with Crippen molar-refractivity contribution in [2.75, 3.05) is 40.3 Å². The number of nitrogens with zero attached hydrogens (tertiary/aromatic N) is 2. The van der Waals surface area contributed by atoms with Crippen molar-refractivity contribution in [1.29, 1.82) is 0 Å². The number of nitrogens with one attached hydrogen (secondary N) is 2. The second-order valence-electron chi connectivity index (χ2n) is 6.97. The fraction of sp³-hybridized carbons (Fsp3) is 0.571. The molecule has 1 saturated heterocycles. The normalized spacial score (nSPS) is 16.9. The molecule has 0 aliphatic carbocycles. The van der Waals surface area contributed by atoms with Gasteiger partial charge in [0.2, 0.25) is 0 Å². The zero-order valence-electron chi connectivity index (χ0n) is 16.9. The molecule has 1 aromatic rings. The van der Waals surface area contributed by atoms with Gasteiger partial charge >= 0.3 is 0 Å². The van der Waals surface area contributed by atoms with Gasteiger partial charge in [0.15, 0.2) is 5.96 Å². The van der Waals surface area contributed by atoms with Crippen LogP contribution < -0.4 is 15.4 Å². The van der Waals surface area contributed by atoms with Crippen molar-refractivity contribution in [3.63, 3.8) is 0 Å². The van der Waals surface area contributed by atoms with Crippen LogP contribution in [0.3, 0.4) is 0 Å². The SMILES string of the molecule is C=CCN1CCC(NC(=NC)NCCC(C)c2ccc(OC)cc2)CC1.I. The van der Waals surface area contributed by atoms with Crippen molar-refractivity contribution in [3.05, 3.63) is 42.5 Å². The predicted molar refractivity (Wildman–Crippen MR) is 126 cm³/mol. The molecule has 1 aromatic carbocycles. The highest BCUT2D eigenvalue weighted by atomic mass is 127. The zero-order chi connectivity index (χ0) is 18.8. The van der Waals surface area contributed by atoms with Crippen molar-refractivity contribution in [3.8, 4) is 5.75 Å². The number of hydrogen-bond donors (Lipinski definition) is 2. The summed E-state index contributed by atoms with van der Waals surface area (Å²) in [6.45, 7) is 10.2. The summed E-state index contributed by atoms with van der Waals surface area (Å²) in [6, 6.07) is 8.85. The molecule has 0 bridgehead atoms. The Morgan fingerprint density at radius 1 is 1.33 bits per heavy atom. The quantitative estimate of drug-likeness (QED) is 0.255. The van der Waals surface area contributed by atoms with Crippen LogP contribution in [0.4, 0.5) is 0 Å². The number of guanidine groups is 1. The van der Waals surface area contributed by atoms with Crippen molar-refractivity contribution in [2.45, 2.75) is 38.1 Å². The van der Waals surface area contributed by atoms with Crippen LogP contribution in [0.1, 0.15) is 37.7 Å². The van der Waals surface area contributed by atoms with Gasteiger partial charge in [-0.1, -0.05) is 25.1 Å². The molecular formula is C21H35IN4O. The third-order valence-electron chi connectivity index (χ3n) is 5.09. The van der Waals surface area contributed by atoms with Gasteiger partial charge in [-0.3, -0.25) is 9.89 Å². The number of benzene rings is 1. The second kappa shape index (κ2) is 13.0. The Morgan fingerprint density at radius 2 is 2.00 bits per heavy atom. The van der Waals surface area contributed by atoms with E-state index in [1.54, 1.807) is 7.11 Å². The number of halogens is 1. The first-order chi connectivity index (χ1) is 12.7.